The molecular formula is C18H14N2O2. The molecule has 0 saturated heterocycles. The number of hydrogen-bond donors (Lipinski definition) is 1. The van der Waals surface area contributed by atoms with Crippen molar-refractivity contribution in [3.63, 3.8) is 0 Å². The van der Waals surface area contributed by atoms with Crippen LogP contribution in [0.4, 0.5) is 0 Å². The van der Waals surface area contributed by atoms with Gasteiger partial charge in [0.15, 0.2) is 0 Å². The summed E-state index contributed by atoms with van der Waals surface area (Å²) in [6, 6.07) is 15.1. The molecule has 3 aromatic rings. The highest BCUT2D eigenvalue weighted by Crippen LogP contribution is 2.21. The lowest BCUT2D eigenvalue weighted by Gasteiger charge is -2.07. The topological polar surface area (TPSA) is 63.1 Å². The third kappa shape index (κ3) is 3.01. The Morgan fingerprint density at radius 1 is 1.00 bits per heavy atom. The average Bonchev–Trinajstić information content (AvgIpc) is 2.56. The monoisotopic (exact) mass is 290 g/mol. The summed E-state index contributed by atoms with van der Waals surface area (Å²) in [6.45, 7) is 0. The predicted octanol–water partition coefficient (Wildman–Crippen LogP) is 3.43. The zero-order valence-corrected chi connectivity index (χ0v) is 11.8. The Balaban J connectivity index is 1.93. The lowest BCUT2D eigenvalue weighted by Crippen LogP contribution is -2.05. The van der Waals surface area contributed by atoms with Gasteiger partial charge in [-0.05, 0) is 34.9 Å². The molecular weight excluding hydrogens is 276 g/mol. The van der Waals surface area contributed by atoms with Crippen LogP contribution >= 0.6 is 0 Å². The third-order valence-corrected chi connectivity index (χ3v) is 3.41. The van der Waals surface area contributed by atoms with Crippen molar-refractivity contribution in [2.75, 3.05) is 0 Å². The van der Waals surface area contributed by atoms with Gasteiger partial charge in [-0.25, -0.2) is 4.79 Å². The van der Waals surface area contributed by atoms with E-state index < -0.39 is 5.97 Å². The largest absolute Gasteiger partial charge is 0.478 e. The van der Waals surface area contributed by atoms with Crippen LogP contribution in [0.15, 0.2) is 67.1 Å². The summed E-state index contributed by atoms with van der Waals surface area (Å²) in [5.41, 5.74) is 3.91. The van der Waals surface area contributed by atoms with Gasteiger partial charge in [0.25, 0.3) is 0 Å². The van der Waals surface area contributed by atoms with Crippen LogP contribution in [0.3, 0.4) is 0 Å². The first kappa shape index (κ1) is 13.9. The summed E-state index contributed by atoms with van der Waals surface area (Å²) in [4.78, 5) is 19.6. The summed E-state index contributed by atoms with van der Waals surface area (Å²) in [6.07, 6.45) is 5.65. The van der Waals surface area contributed by atoms with Crippen molar-refractivity contribution in [1.29, 1.82) is 0 Å². The highest BCUT2D eigenvalue weighted by molar-refractivity contribution is 5.88. The Hall–Kier alpha value is -3.01. The first-order valence-electron chi connectivity index (χ1n) is 6.90. The van der Waals surface area contributed by atoms with E-state index in [4.69, 9.17) is 0 Å². The first-order chi connectivity index (χ1) is 10.7. The lowest BCUT2D eigenvalue weighted by atomic mass is 10.0. The van der Waals surface area contributed by atoms with Gasteiger partial charge in [-0.15, -0.1) is 0 Å². The molecule has 0 fully saturated rings. The SMILES string of the molecule is O=C(O)c1cccnc1Cc1cccc(-c2cccnc2)c1. The van der Waals surface area contributed by atoms with Crippen molar-refractivity contribution in [3.05, 3.63) is 83.9 Å². The lowest BCUT2D eigenvalue weighted by molar-refractivity contribution is 0.0695. The molecule has 2 aromatic heterocycles. The molecule has 1 aromatic carbocycles. The second-order valence-electron chi connectivity index (χ2n) is 4.92. The molecule has 3 rings (SSSR count). The van der Waals surface area contributed by atoms with Crippen molar-refractivity contribution in [3.8, 4) is 11.1 Å². The van der Waals surface area contributed by atoms with Crippen LogP contribution in [0.2, 0.25) is 0 Å². The van der Waals surface area contributed by atoms with Gasteiger partial charge < -0.3 is 5.11 Å². The number of carboxylic acid groups (broad SMARTS) is 1. The normalized spacial score (nSPS) is 10.4. The fourth-order valence-corrected chi connectivity index (χ4v) is 2.36. The maximum absolute atomic E-state index is 11.3. The second kappa shape index (κ2) is 6.18. The number of rotatable bonds is 4. The summed E-state index contributed by atoms with van der Waals surface area (Å²) < 4.78 is 0. The minimum atomic E-state index is -0.952. The number of benzene rings is 1. The first-order valence-corrected chi connectivity index (χ1v) is 6.90. The molecule has 4 nitrogen and oxygen atoms in total. The second-order valence-corrected chi connectivity index (χ2v) is 4.92. The van der Waals surface area contributed by atoms with Gasteiger partial charge in [-0.1, -0.05) is 30.3 Å². The van der Waals surface area contributed by atoms with E-state index in [2.05, 4.69) is 9.97 Å². The maximum atomic E-state index is 11.3. The summed E-state index contributed by atoms with van der Waals surface area (Å²) in [7, 11) is 0. The summed E-state index contributed by atoms with van der Waals surface area (Å²) in [5, 5.41) is 9.23. The number of pyridine rings is 2. The van der Waals surface area contributed by atoms with E-state index in [0.29, 0.717) is 12.1 Å². The molecule has 0 aliphatic heterocycles. The maximum Gasteiger partial charge on any atom is 0.337 e. The number of aromatic carboxylic acids is 1. The van der Waals surface area contributed by atoms with E-state index in [1.807, 2.05) is 42.6 Å². The van der Waals surface area contributed by atoms with Gasteiger partial charge in [0.1, 0.15) is 0 Å². The summed E-state index contributed by atoms with van der Waals surface area (Å²) >= 11 is 0. The molecule has 0 unspecified atom stereocenters. The molecule has 0 spiro atoms. The highest BCUT2D eigenvalue weighted by atomic mass is 16.4. The van der Waals surface area contributed by atoms with Crippen molar-refractivity contribution >= 4 is 5.97 Å². The fourth-order valence-electron chi connectivity index (χ4n) is 2.36. The van der Waals surface area contributed by atoms with Crippen LogP contribution in [0, 0.1) is 0 Å². The van der Waals surface area contributed by atoms with Crippen LogP contribution in [-0.4, -0.2) is 21.0 Å². The molecule has 108 valence electrons. The Morgan fingerprint density at radius 2 is 1.82 bits per heavy atom. The minimum Gasteiger partial charge on any atom is -0.478 e. The number of carbonyl (C=O) groups is 1. The molecule has 1 N–H and O–H groups in total. The Kier molecular flexibility index (Phi) is 3.92. The van der Waals surface area contributed by atoms with Crippen LogP contribution in [0.5, 0.6) is 0 Å². The van der Waals surface area contributed by atoms with Crippen molar-refractivity contribution in [2.24, 2.45) is 0 Å². The zero-order chi connectivity index (χ0) is 15.4. The van der Waals surface area contributed by atoms with Crippen LogP contribution in [0.1, 0.15) is 21.6 Å². The number of nitrogens with zero attached hydrogens (tertiary/aromatic N) is 2. The molecule has 2 heterocycles. The van der Waals surface area contributed by atoms with Crippen LogP contribution < -0.4 is 0 Å². The molecule has 4 heteroatoms. The van der Waals surface area contributed by atoms with E-state index in [9.17, 15) is 9.90 Å². The summed E-state index contributed by atoms with van der Waals surface area (Å²) in [5.74, 6) is -0.952. The van der Waals surface area contributed by atoms with Crippen molar-refractivity contribution in [2.45, 2.75) is 6.42 Å². The number of carboxylic acids is 1. The smallest absolute Gasteiger partial charge is 0.337 e. The third-order valence-electron chi connectivity index (χ3n) is 3.41. The minimum absolute atomic E-state index is 0.245. The van der Waals surface area contributed by atoms with E-state index >= 15 is 0 Å². The molecule has 0 radical (unpaired) electrons. The van der Waals surface area contributed by atoms with Gasteiger partial charge in [0.05, 0.1) is 11.3 Å². The molecule has 22 heavy (non-hydrogen) atoms. The van der Waals surface area contributed by atoms with E-state index in [1.165, 1.54) is 0 Å². The van der Waals surface area contributed by atoms with Gasteiger partial charge in [0.2, 0.25) is 0 Å². The molecule has 0 bridgehead atoms. The van der Waals surface area contributed by atoms with Crippen molar-refractivity contribution in [1.82, 2.24) is 9.97 Å². The Labute approximate surface area is 128 Å². The Bertz CT molecular complexity index is 801. The van der Waals surface area contributed by atoms with Gasteiger partial charge in [-0.2, -0.15) is 0 Å². The molecule has 0 amide bonds. The van der Waals surface area contributed by atoms with Gasteiger partial charge >= 0.3 is 5.97 Å². The molecule has 0 atom stereocenters. The van der Waals surface area contributed by atoms with Crippen LogP contribution in [0.25, 0.3) is 11.1 Å². The average molecular weight is 290 g/mol. The quantitative estimate of drug-likeness (QED) is 0.799. The van der Waals surface area contributed by atoms with E-state index in [1.54, 1.807) is 24.5 Å². The number of aromatic nitrogens is 2. The van der Waals surface area contributed by atoms with Gasteiger partial charge in [0, 0.05) is 25.0 Å². The van der Waals surface area contributed by atoms with Crippen molar-refractivity contribution < 1.29 is 9.90 Å². The van der Waals surface area contributed by atoms with Crippen LogP contribution in [-0.2, 0) is 6.42 Å². The number of hydrogen-bond acceptors (Lipinski definition) is 3. The standard InChI is InChI=1S/C18H14N2O2/c21-18(22)16-7-3-9-20-17(16)11-13-4-1-5-14(10-13)15-6-2-8-19-12-15/h1-10,12H,11H2,(H,21,22). The fraction of sp³-hybridized carbons (Fsp3) is 0.0556. The molecule has 0 aliphatic carbocycles. The highest BCUT2D eigenvalue weighted by Gasteiger charge is 2.11. The predicted molar refractivity (Wildman–Crippen MR) is 83.7 cm³/mol. The molecule has 0 saturated carbocycles. The molecule has 0 aliphatic rings. The Morgan fingerprint density at radius 3 is 2.59 bits per heavy atom. The van der Waals surface area contributed by atoms with E-state index in [-0.39, 0.29) is 5.56 Å². The van der Waals surface area contributed by atoms with Gasteiger partial charge in [-0.3, -0.25) is 9.97 Å². The zero-order valence-electron chi connectivity index (χ0n) is 11.8. The van der Waals surface area contributed by atoms with E-state index in [0.717, 1.165) is 16.7 Å².